The molecule has 18 heavy (non-hydrogen) atoms. The fraction of sp³-hybridized carbons (Fsp3) is 0.0667. The van der Waals surface area contributed by atoms with E-state index in [1.807, 2.05) is 30.3 Å². The van der Waals surface area contributed by atoms with Crippen LogP contribution in [0.25, 0.3) is 0 Å². The summed E-state index contributed by atoms with van der Waals surface area (Å²) in [6, 6.07) is 18.9. The van der Waals surface area contributed by atoms with Crippen LogP contribution < -0.4 is 0 Å². The van der Waals surface area contributed by atoms with Crippen LogP contribution in [0, 0.1) is 11.3 Å². The number of hydrogen-bond donors (Lipinski definition) is 1. The van der Waals surface area contributed by atoms with Crippen LogP contribution in [0.3, 0.4) is 0 Å². The second-order valence-corrected chi connectivity index (χ2v) is 3.90. The number of nitrogens with zero attached hydrogens (tertiary/aromatic N) is 2. The standard InChI is InChI=1S/C15H12N2O/c16-11-13-6-8-14(9-7-13)15(17-18)10-12-4-2-1-3-5-12/h1-9,18H,10H2/b17-15-. The van der Waals surface area contributed by atoms with Crippen molar-refractivity contribution >= 4 is 5.71 Å². The van der Waals surface area contributed by atoms with E-state index >= 15 is 0 Å². The Balaban J connectivity index is 2.22. The molecule has 0 radical (unpaired) electrons. The average Bonchev–Trinajstić information content (AvgIpc) is 2.46. The van der Waals surface area contributed by atoms with Crippen molar-refractivity contribution in [2.75, 3.05) is 0 Å². The van der Waals surface area contributed by atoms with E-state index in [0.717, 1.165) is 11.1 Å². The summed E-state index contributed by atoms with van der Waals surface area (Å²) in [6.07, 6.45) is 0.559. The van der Waals surface area contributed by atoms with Gasteiger partial charge in [0, 0.05) is 6.42 Å². The molecular weight excluding hydrogens is 224 g/mol. The predicted octanol–water partition coefficient (Wildman–Crippen LogP) is 2.98. The highest BCUT2D eigenvalue weighted by Gasteiger charge is 2.05. The van der Waals surface area contributed by atoms with Crippen LogP contribution in [0.2, 0.25) is 0 Å². The van der Waals surface area contributed by atoms with Gasteiger partial charge in [0.15, 0.2) is 0 Å². The monoisotopic (exact) mass is 236 g/mol. The SMILES string of the molecule is N#Cc1ccc(/C(Cc2ccccc2)=N\O)cc1. The Morgan fingerprint density at radius 3 is 2.28 bits per heavy atom. The zero-order valence-electron chi connectivity index (χ0n) is 9.74. The van der Waals surface area contributed by atoms with Gasteiger partial charge in [0.1, 0.15) is 0 Å². The van der Waals surface area contributed by atoms with Crippen molar-refractivity contribution in [3.8, 4) is 6.07 Å². The van der Waals surface area contributed by atoms with Crippen molar-refractivity contribution in [2.45, 2.75) is 6.42 Å². The fourth-order valence-electron chi connectivity index (χ4n) is 1.72. The number of hydrogen-bond acceptors (Lipinski definition) is 3. The molecule has 2 rings (SSSR count). The van der Waals surface area contributed by atoms with E-state index in [9.17, 15) is 0 Å². The van der Waals surface area contributed by atoms with E-state index in [2.05, 4.69) is 11.2 Å². The summed E-state index contributed by atoms with van der Waals surface area (Å²) in [5.41, 5.74) is 3.08. The molecule has 0 aliphatic carbocycles. The molecule has 0 unspecified atom stereocenters. The predicted molar refractivity (Wildman–Crippen MR) is 69.6 cm³/mol. The van der Waals surface area contributed by atoms with Gasteiger partial charge in [-0.2, -0.15) is 5.26 Å². The van der Waals surface area contributed by atoms with Crippen LogP contribution in [0.5, 0.6) is 0 Å². The average molecular weight is 236 g/mol. The molecule has 0 aliphatic rings. The maximum atomic E-state index is 9.09. The Hall–Kier alpha value is -2.60. The second-order valence-electron chi connectivity index (χ2n) is 3.90. The molecule has 88 valence electrons. The van der Waals surface area contributed by atoms with Gasteiger partial charge in [-0.05, 0) is 23.3 Å². The highest BCUT2D eigenvalue weighted by Crippen LogP contribution is 2.10. The fourth-order valence-corrected chi connectivity index (χ4v) is 1.72. The minimum Gasteiger partial charge on any atom is -0.411 e. The van der Waals surface area contributed by atoms with Crippen molar-refractivity contribution < 1.29 is 5.21 Å². The first-order valence-corrected chi connectivity index (χ1v) is 5.59. The highest BCUT2D eigenvalue weighted by atomic mass is 16.4. The van der Waals surface area contributed by atoms with Crippen molar-refractivity contribution in [1.82, 2.24) is 0 Å². The number of rotatable bonds is 3. The van der Waals surface area contributed by atoms with Crippen LogP contribution in [0.1, 0.15) is 16.7 Å². The van der Waals surface area contributed by atoms with Gasteiger partial charge >= 0.3 is 0 Å². The normalized spacial score (nSPS) is 10.9. The summed E-state index contributed by atoms with van der Waals surface area (Å²) in [7, 11) is 0. The van der Waals surface area contributed by atoms with Crippen LogP contribution in [-0.4, -0.2) is 10.9 Å². The van der Waals surface area contributed by atoms with Gasteiger partial charge in [0.2, 0.25) is 0 Å². The van der Waals surface area contributed by atoms with E-state index in [0.29, 0.717) is 17.7 Å². The van der Waals surface area contributed by atoms with E-state index in [1.165, 1.54) is 0 Å². The molecule has 0 fully saturated rings. The zero-order valence-corrected chi connectivity index (χ0v) is 9.74. The lowest BCUT2D eigenvalue weighted by Crippen LogP contribution is -2.05. The maximum Gasteiger partial charge on any atom is 0.0991 e. The van der Waals surface area contributed by atoms with Crippen LogP contribution in [-0.2, 0) is 6.42 Å². The van der Waals surface area contributed by atoms with Crippen molar-refractivity contribution in [1.29, 1.82) is 5.26 Å². The Morgan fingerprint density at radius 1 is 1.06 bits per heavy atom. The van der Waals surface area contributed by atoms with Gasteiger partial charge < -0.3 is 5.21 Å². The first kappa shape index (κ1) is 11.9. The lowest BCUT2D eigenvalue weighted by molar-refractivity contribution is 0.318. The highest BCUT2D eigenvalue weighted by molar-refractivity contribution is 6.01. The van der Waals surface area contributed by atoms with Crippen LogP contribution in [0.4, 0.5) is 0 Å². The van der Waals surface area contributed by atoms with E-state index in [1.54, 1.807) is 24.3 Å². The molecule has 0 atom stereocenters. The Labute approximate surface area is 106 Å². The molecule has 0 saturated carbocycles. The Morgan fingerprint density at radius 2 is 1.72 bits per heavy atom. The number of benzene rings is 2. The molecule has 0 saturated heterocycles. The number of nitriles is 1. The van der Waals surface area contributed by atoms with E-state index < -0.39 is 0 Å². The van der Waals surface area contributed by atoms with Gasteiger partial charge in [-0.25, -0.2) is 0 Å². The van der Waals surface area contributed by atoms with Crippen LogP contribution in [0.15, 0.2) is 59.8 Å². The molecule has 2 aromatic rings. The van der Waals surface area contributed by atoms with Crippen molar-refractivity contribution in [3.63, 3.8) is 0 Å². The molecule has 0 aliphatic heterocycles. The molecule has 0 spiro atoms. The molecular formula is C15H12N2O. The third-order valence-corrected chi connectivity index (χ3v) is 2.68. The number of oxime groups is 1. The second kappa shape index (κ2) is 5.65. The minimum absolute atomic E-state index is 0.559. The van der Waals surface area contributed by atoms with E-state index in [-0.39, 0.29) is 0 Å². The molecule has 2 aromatic carbocycles. The van der Waals surface area contributed by atoms with Gasteiger partial charge in [-0.3, -0.25) is 0 Å². The first-order chi connectivity index (χ1) is 8.83. The Kier molecular flexibility index (Phi) is 3.72. The summed E-state index contributed by atoms with van der Waals surface area (Å²) in [4.78, 5) is 0. The Bertz CT molecular complexity index is 580. The molecule has 0 bridgehead atoms. The van der Waals surface area contributed by atoms with Gasteiger partial charge in [-0.15, -0.1) is 0 Å². The molecule has 1 N–H and O–H groups in total. The summed E-state index contributed by atoms with van der Waals surface area (Å²) in [6.45, 7) is 0. The third kappa shape index (κ3) is 2.74. The first-order valence-electron chi connectivity index (χ1n) is 5.59. The van der Waals surface area contributed by atoms with Crippen molar-refractivity contribution in [3.05, 3.63) is 71.3 Å². The summed E-state index contributed by atoms with van der Waals surface area (Å²) < 4.78 is 0. The third-order valence-electron chi connectivity index (χ3n) is 2.68. The topological polar surface area (TPSA) is 56.4 Å². The molecule has 0 aromatic heterocycles. The minimum atomic E-state index is 0.559. The summed E-state index contributed by atoms with van der Waals surface area (Å²) >= 11 is 0. The van der Waals surface area contributed by atoms with Gasteiger partial charge in [0.25, 0.3) is 0 Å². The van der Waals surface area contributed by atoms with Gasteiger partial charge in [-0.1, -0.05) is 47.6 Å². The smallest absolute Gasteiger partial charge is 0.0991 e. The van der Waals surface area contributed by atoms with Crippen molar-refractivity contribution in [2.24, 2.45) is 5.16 Å². The summed E-state index contributed by atoms with van der Waals surface area (Å²) in [5.74, 6) is 0. The lowest BCUT2D eigenvalue weighted by Gasteiger charge is -2.05. The van der Waals surface area contributed by atoms with Gasteiger partial charge in [0.05, 0.1) is 17.3 Å². The maximum absolute atomic E-state index is 9.09. The van der Waals surface area contributed by atoms with E-state index in [4.69, 9.17) is 10.5 Å². The lowest BCUT2D eigenvalue weighted by atomic mass is 10.0. The molecule has 0 amide bonds. The zero-order chi connectivity index (χ0) is 12.8. The molecule has 3 heteroatoms. The quantitative estimate of drug-likeness (QED) is 0.506. The molecule has 3 nitrogen and oxygen atoms in total. The largest absolute Gasteiger partial charge is 0.411 e. The molecule has 0 heterocycles. The van der Waals surface area contributed by atoms with Crippen LogP contribution >= 0.6 is 0 Å². The summed E-state index contributed by atoms with van der Waals surface area (Å²) in [5, 5.41) is 21.2.